The molecule has 9 N–H and O–H groups in total. The first-order valence-corrected chi connectivity index (χ1v) is 36.8. The third-order valence-corrected chi connectivity index (χ3v) is 20.0. The van der Waals surface area contributed by atoms with Crippen LogP contribution in [0.15, 0.2) is 165 Å². The van der Waals surface area contributed by atoms with Gasteiger partial charge in [0, 0.05) is 116 Å². The van der Waals surface area contributed by atoms with Crippen LogP contribution in [0.1, 0.15) is 107 Å². The molecule has 3 aliphatic carbocycles. The lowest BCUT2D eigenvalue weighted by atomic mass is 9.97. The van der Waals surface area contributed by atoms with Gasteiger partial charge in [0.1, 0.15) is 46.5 Å². The predicted molar refractivity (Wildman–Crippen MR) is 400 cm³/mol. The Bertz CT molecular complexity index is 4890. The van der Waals surface area contributed by atoms with E-state index in [0.29, 0.717) is 55.4 Å². The highest BCUT2D eigenvalue weighted by Crippen LogP contribution is 2.35. The van der Waals surface area contributed by atoms with E-state index in [1.807, 2.05) is 62.4 Å². The number of rotatable bonds is 20. The van der Waals surface area contributed by atoms with Gasteiger partial charge >= 0.3 is 0 Å². The lowest BCUT2D eigenvalue weighted by molar-refractivity contribution is -0.606. The Morgan fingerprint density at radius 3 is 1.18 bits per heavy atom. The third kappa shape index (κ3) is 17.7. The smallest absolute Gasteiger partial charge is 0.185 e. The van der Waals surface area contributed by atoms with Crippen molar-refractivity contribution in [1.29, 1.82) is 0 Å². The van der Waals surface area contributed by atoms with Crippen molar-refractivity contribution in [1.82, 2.24) is 58.4 Å². The number of nitrogens with one attached hydrogen (secondary N) is 7. The quantitative estimate of drug-likeness (QED) is 0.0253. The lowest BCUT2D eigenvalue weighted by Crippen LogP contribution is -2.46. The summed E-state index contributed by atoms with van der Waals surface area (Å²) < 4.78 is 13.4. The number of hydrogen-bond donors (Lipinski definition) is 9. The Balaban J connectivity index is 0.000000122. The van der Waals surface area contributed by atoms with Crippen LogP contribution in [0, 0.1) is 20.8 Å². The number of nitrogens with zero attached hydrogens (tertiary/aromatic N) is 17. The van der Waals surface area contributed by atoms with E-state index in [2.05, 4.69) is 141 Å². The molecule has 3 saturated carbocycles. The number of hydrogen-bond acceptors (Lipinski definition) is 22. The number of aliphatic hydroxyl groups excluding tert-OH is 1. The van der Waals surface area contributed by atoms with E-state index in [1.54, 1.807) is 79.5 Å². The maximum Gasteiger partial charge on any atom is 0.185 e. The summed E-state index contributed by atoms with van der Waals surface area (Å²) >= 11 is 14.0. The molecule has 0 bridgehead atoms. The molecule has 12 aromatic heterocycles. The summed E-state index contributed by atoms with van der Waals surface area (Å²) in [4.78, 5) is 20.8. The second-order valence-corrected chi connectivity index (χ2v) is 29.4. The highest BCUT2D eigenvalue weighted by molar-refractivity contribution is 9.11. The maximum absolute atomic E-state index is 11.5. The van der Waals surface area contributed by atoms with Crippen LogP contribution in [0.2, 0.25) is 0 Å². The largest absolute Gasteiger partial charge is 0.619 e. The summed E-state index contributed by atoms with van der Waals surface area (Å²) in [6.07, 6.45) is 30.5. The van der Waals surface area contributed by atoms with Crippen LogP contribution in [0.5, 0.6) is 0 Å². The van der Waals surface area contributed by atoms with E-state index >= 15 is 0 Å². The monoisotopic (exact) mass is 1640 g/mol. The van der Waals surface area contributed by atoms with Gasteiger partial charge < -0.3 is 73.2 Å². The zero-order valence-electron chi connectivity index (χ0n) is 55.7. The SMILES string of the molecule is CC(C)(O)[C@@H]1CCCN1c1cc(NCc2ccc[n+]([O-])c2)n2ncc(Br)c2n1.[O-][n+]1cccc(CNc2cc(NC3CC3)nc3c(Br)cnn23)c1.[O-][n+]1cccc(CNc2cc(NC3CCCC3)nc3c(Br)cnn23)c1.[O-][n+]1cccc(CNc2cc(N[C@H]3CCC[C@@H]3O)nc3c(Br)cnn23)c1. The summed E-state index contributed by atoms with van der Waals surface area (Å²) in [5, 5.41) is 107. The highest BCUT2D eigenvalue weighted by Gasteiger charge is 2.37. The van der Waals surface area contributed by atoms with Crippen LogP contribution in [0.25, 0.3) is 22.6 Å². The average molecular weight is 1650 g/mol. The van der Waals surface area contributed by atoms with E-state index < -0.39 is 5.60 Å². The van der Waals surface area contributed by atoms with Gasteiger partial charge in [0.2, 0.25) is 0 Å². The predicted octanol–water partition coefficient (Wildman–Crippen LogP) is 9.94. The van der Waals surface area contributed by atoms with Crippen molar-refractivity contribution >= 4 is 133 Å². The Hall–Kier alpha value is -9.48. The molecule has 0 amide bonds. The first kappa shape index (κ1) is 70.9. The molecular weight excluding hydrogens is 1570 g/mol. The first-order valence-electron chi connectivity index (χ1n) is 33.6. The van der Waals surface area contributed by atoms with Crippen LogP contribution in [0.3, 0.4) is 0 Å². The number of pyridine rings is 4. The molecule has 0 spiro atoms. The van der Waals surface area contributed by atoms with Gasteiger partial charge in [0.25, 0.3) is 0 Å². The van der Waals surface area contributed by atoms with Gasteiger partial charge in [-0.2, -0.15) is 57.4 Å². The third-order valence-electron chi connectivity index (χ3n) is 17.8. The average Bonchev–Trinajstić information content (AvgIpc) is 1.61. The number of halogens is 4. The fraction of sp³-hybridized carbons (Fsp3) is 0.353. The topological polar surface area (TPSA) is 356 Å². The van der Waals surface area contributed by atoms with Gasteiger partial charge in [0.15, 0.2) is 72.2 Å². The Morgan fingerprint density at radius 2 is 0.824 bits per heavy atom. The molecule has 12 aromatic rings. The zero-order chi connectivity index (χ0) is 71.0. The first-order chi connectivity index (χ1) is 49.3. The zero-order valence-corrected chi connectivity index (χ0v) is 62.0. The van der Waals surface area contributed by atoms with E-state index in [0.717, 1.165) is 150 Å². The second kappa shape index (κ2) is 31.8. The molecule has 30 nitrogen and oxygen atoms in total. The second-order valence-electron chi connectivity index (χ2n) is 26.0. The summed E-state index contributed by atoms with van der Waals surface area (Å²) in [6.45, 7) is 6.55. The fourth-order valence-electron chi connectivity index (χ4n) is 12.6. The van der Waals surface area contributed by atoms with Gasteiger partial charge in [0.05, 0.1) is 66.5 Å². The molecular formula is C68H76Br4N24O6. The normalized spacial score (nSPS) is 16.7. The van der Waals surface area contributed by atoms with Crippen molar-refractivity contribution in [2.24, 2.45) is 0 Å². The van der Waals surface area contributed by atoms with Crippen molar-refractivity contribution in [3.05, 3.63) is 208 Å². The Labute approximate surface area is 619 Å². The lowest BCUT2D eigenvalue weighted by Gasteiger charge is -2.34. The van der Waals surface area contributed by atoms with Gasteiger partial charge in [-0.1, -0.05) is 12.8 Å². The van der Waals surface area contributed by atoms with Crippen LogP contribution in [-0.4, -0.2) is 111 Å². The number of aromatic nitrogens is 16. The molecule has 13 heterocycles. The molecule has 0 radical (unpaired) electrons. The minimum Gasteiger partial charge on any atom is -0.619 e. The van der Waals surface area contributed by atoms with Crippen molar-refractivity contribution in [3.8, 4) is 0 Å². The Kier molecular flexibility index (Phi) is 22.1. The molecule has 1 saturated heterocycles. The molecule has 0 aromatic carbocycles. The molecule has 532 valence electrons. The van der Waals surface area contributed by atoms with Crippen molar-refractivity contribution < 1.29 is 29.1 Å². The van der Waals surface area contributed by atoms with Gasteiger partial charge in [-0.3, -0.25) is 0 Å². The standard InChI is InChI=1S/C19H23BrN6O2.C17H19BrN6O2.C17H19BrN6O.C15H15BrN6O/c1-19(2,27)15-6-4-8-25(15)17-9-16(26-18(23-17)14(20)11-22-26)21-10-13-5-3-7-24(28)12-13;18-12-9-20-24-16(19-8-11-3-2-6-23(26)10-11)7-15(22-17(12)24)21-13-4-1-5-14(13)25;18-14-10-20-24-16(19-9-12-4-3-7-23(25)11-12)8-15(22-17(14)24)21-13-5-1-2-6-13;16-12-8-18-22-14(17-7-10-2-1-5-21(23)9-10)6-13(20-15(12)22)19-11-3-4-11/h3,5,7,9,11-12,15,21,27H,4,6,8,10H2,1-2H3;2-3,6-7,9-10,13-14,19,25H,1,4-5,8H2,(H,21,22);3-4,7-8,10-11,13,19H,1-2,5-6,9H2,(H,21,22);1-2,5-6,8-9,11,17H,3-4,7H2,(H,19,20)/t15-;13-,14-;;/m00../s1. The molecule has 34 heteroatoms. The molecule has 102 heavy (non-hydrogen) atoms. The summed E-state index contributed by atoms with van der Waals surface area (Å²) in [5.74, 6) is 6.32. The fourth-order valence-corrected chi connectivity index (χ4v) is 14.0. The van der Waals surface area contributed by atoms with E-state index in [-0.39, 0.29) is 18.2 Å². The van der Waals surface area contributed by atoms with Gasteiger partial charge in [-0.05, 0) is 160 Å². The summed E-state index contributed by atoms with van der Waals surface area (Å²) in [6, 6.07) is 23.3. The number of anilines is 8. The minimum atomic E-state index is -0.818. The van der Waals surface area contributed by atoms with Crippen LogP contribution >= 0.6 is 63.7 Å². The highest BCUT2D eigenvalue weighted by atomic mass is 79.9. The molecule has 1 aliphatic heterocycles. The van der Waals surface area contributed by atoms with E-state index in [9.17, 15) is 31.0 Å². The molecule has 0 unspecified atom stereocenters. The van der Waals surface area contributed by atoms with Crippen LogP contribution in [0.4, 0.5) is 46.5 Å². The molecule has 4 aliphatic rings. The minimum absolute atomic E-state index is 0.00513. The number of fused-ring (bicyclic) bond motifs is 4. The summed E-state index contributed by atoms with van der Waals surface area (Å²) in [5.41, 5.74) is 5.61. The Morgan fingerprint density at radius 1 is 0.461 bits per heavy atom. The van der Waals surface area contributed by atoms with Crippen LogP contribution < -0.4 is 61.0 Å². The van der Waals surface area contributed by atoms with Crippen molar-refractivity contribution in [2.45, 2.75) is 147 Å². The molecule has 16 rings (SSSR count). The van der Waals surface area contributed by atoms with Crippen molar-refractivity contribution in [2.75, 3.05) is 48.7 Å². The van der Waals surface area contributed by atoms with Gasteiger partial charge in [-0.25, -0.2) is 19.9 Å². The van der Waals surface area contributed by atoms with Crippen molar-refractivity contribution in [3.63, 3.8) is 0 Å². The molecule has 3 atom stereocenters. The molecule has 4 fully saturated rings. The maximum atomic E-state index is 11.5. The number of aliphatic hydroxyl groups is 2. The van der Waals surface area contributed by atoms with Crippen LogP contribution in [-0.2, 0) is 26.2 Å². The van der Waals surface area contributed by atoms with Gasteiger partial charge in [-0.15, -0.1) is 0 Å². The summed E-state index contributed by atoms with van der Waals surface area (Å²) in [7, 11) is 0. The van der Waals surface area contributed by atoms with E-state index in [4.69, 9.17) is 4.98 Å². The van der Waals surface area contributed by atoms with E-state index in [1.165, 1.54) is 75.7 Å².